The van der Waals surface area contributed by atoms with E-state index in [1.165, 1.54) is 12.1 Å². The van der Waals surface area contributed by atoms with Crippen molar-refractivity contribution in [2.75, 3.05) is 0 Å². The van der Waals surface area contributed by atoms with Crippen LogP contribution in [0, 0.1) is 11.7 Å². The minimum Gasteiger partial charge on any atom is -0.480 e. The fraction of sp³-hybridized carbons (Fsp3) is 0.333. The van der Waals surface area contributed by atoms with Crippen LogP contribution in [0.15, 0.2) is 22.7 Å². The van der Waals surface area contributed by atoms with Gasteiger partial charge in [0.2, 0.25) is 0 Å². The van der Waals surface area contributed by atoms with E-state index < -0.39 is 23.7 Å². The molecule has 0 heterocycles. The average molecular weight is 316 g/mol. The first-order valence-electron chi connectivity index (χ1n) is 5.47. The molecule has 0 saturated heterocycles. The molecule has 0 aromatic heterocycles. The molecule has 1 fully saturated rings. The lowest BCUT2D eigenvalue weighted by molar-refractivity contribution is -0.139. The monoisotopic (exact) mass is 315 g/mol. The fourth-order valence-electron chi connectivity index (χ4n) is 1.72. The van der Waals surface area contributed by atoms with E-state index in [4.69, 9.17) is 5.11 Å². The third-order valence-corrected chi connectivity index (χ3v) is 3.23. The summed E-state index contributed by atoms with van der Waals surface area (Å²) >= 11 is 3.08. The fourth-order valence-corrected chi connectivity index (χ4v) is 2.19. The van der Waals surface area contributed by atoms with Crippen LogP contribution in [0.4, 0.5) is 4.39 Å². The zero-order valence-electron chi connectivity index (χ0n) is 9.32. The van der Waals surface area contributed by atoms with E-state index in [0.29, 0.717) is 4.47 Å². The Hall–Kier alpha value is -1.43. The second-order valence-electron chi connectivity index (χ2n) is 4.28. The summed E-state index contributed by atoms with van der Waals surface area (Å²) < 4.78 is 13.6. The summed E-state index contributed by atoms with van der Waals surface area (Å²) in [5.41, 5.74) is 0.105. The molecule has 0 bridgehead atoms. The van der Waals surface area contributed by atoms with Crippen LogP contribution in [-0.2, 0) is 4.79 Å². The maximum Gasteiger partial charge on any atom is 0.326 e. The molecule has 1 amide bonds. The number of carbonyl (C=O) groups excluding carboxylic acids is 1. The second kappa shape index (κ2) is 5.06. The number of carbonyl (C=O) groups is 2. The summed E-state index contributed by atoms with van der Waals surface area (Å²) in [6.07, 6.45) is 1.59. The van der Waals surface area contributed by atoms with Crippen LogP contribution in [0.2, 0.25) is 0 Å². The summed E-state index contributed by atoms with van der Waals surface area (Å²) in [5, 5.41) is 11.4. The Kier molecular flexibility index (Phi) is 3.65. The lowest BCUT2D eigenvalue weighted by Gasteiger charge is -2.13. The number of rotatable bonds is 4. The van der Waals surface area contributed by atoms with Gasteiger partial charge in [-0.1, -0.05) is 15.9 Å². The molecule has 1 unspecified atom stereocenters. The van der Waals surface area contributed by atoms with Crippen molar-refractivity contribution in [3.05, 3.63) is 34.1 Å². The average Bonchev–Trinajstić information content (AvgIpc) is 3.07. The highest BCUT2D eigenvalue weighted by Gasteiger charge is 2.37. The third kappa shape index (κ3) is 3.07. The van der Waals surface area contributed by atoms with Crippen LogP contribution in [0.1, 0.15) is 23.2 Å². The molecule has 1 atom stereocenters. The second-order valence-corrected chi connectivity index (χ2v) is 5.20. The van der Waals surface area contributed by atoms with Gasteiger partial charge in [0.05, 0.1) is 0 Å². The van der Waals surface area contributed by atoms with E-state index in [1.807, 2.05) is 0 Å². The summed E-state index contributed by atoms with van der Waals surface area (Å²) in [5.74, 6) is -2.19. The Morgan fingerprint density at radius 3 is 2.56 bits per heavy atom. The largest absolute Gasteiger partial charge is 0.480 e. The minimum absolute atomic E-state index is 0.0107. The van der Waals surface area contributed by atoms with Gasteiger partial charge in [0.1, 0.15) is 11.9 Å². The predicted octanol–water partition coefficient (Wildman–Crippen LogP) is 2.18. The zero-order valence-corrected chi connectivity index (χ0v) is 10.9. The Labute approximate surface area is 111 Å². The van der Waals surface area contributed by atoms with Gasteiger partial charge in [0.15, 0.2) is 0 Å². The van der Waals surface area contributed by atoms with Crippen LogP contribution >= 0.6 is 15.9 Å². The van der Waals surface area contributed by atoms with Gasteiger partial charge in [-0.2, -0.15) is 0 Å². The first-order valence-corrected chi connectivity index (χ1v) is 6.26. The number of halogens is 2. The maximum atomic E-state index is 13.1. The van der Waals surface area contributed by atoms with E-state index >= 15 is 0 Å². The van der Waals surface area contributed by atoms with Gasteiger partial charge in [-0.05, 0) is 37.0 Å². The SMILES string of the molecule is O=C(NC(C(=O)O)C1CC1)c1cc(F)cc(Br)c1. The van der Waals surface area contributed by atoms with Crippen molar-refractivity contribution in [3.63, 3.8) is 0 Å². The standard InChI is InChI=1S/C12H11BrFNO3/c13-8-3-7(4-9(14)5-8)11(16)15-10(12(17)18)6-1-2-6/h3-6,10H,1-2H2,(H,15,16)(H,17,18). The van der Waals surface area contributed by atoms with Crippen LogP contribution in [0.5, 0.6) is 0 Å². The molecule has 1 aromatic rings. The molecule has 1 aromatic carbocycles. The number of benzene rings is 1. The minimum atomic E-state index is -1.05. The number of hydrogen-bond donors (Lipinski definition) is 2. The van der Waals surface area contributed by atoms with Crippen LogP contribution < -0.4 is 5.32 Å². The van der Waals surface area contributed by atoms with E-state index in [-0.39, 0.29) is 11.5 Å². The molecule has 1 aliphatic carbocycles. The Morgan fingerprint density at radius 2 is 2.06 bits per heavy atom. The van der Waals surface area contributed by atoms with Crippen molar-refractivity contribution in [1.82, 2.24) is 5.32 Å². The normalized spacial score (nSPS) is 16.1. The van der Waals surface area contributed by atoms with E-state index in [9.17, 15) is 14.0 Å². The van der Waals surface area contributed by atoms with Crippen LogP contribution in [-0.4, -0.2) is 23.0 Å². The first-order chi connectivity index (χ1) is 8.47. The molecule has 96 valence electrons. The van der Waals surface area contributed by atoms with Gasteiger partial charge < -0.3 is 10.4 Å². The van der Waals surface area contributed by atoms with Crippen molar-refractivity contribution in [1.29, 1.82) is 0 Å². The van der Waals surface area contributed by atoms with Crippen molar-refractivity contribution in [3.8, 4) is 0 Å². The summed E-state index contributed by atoms with van der Waals surface area (Å²) in [7, 11) is 0. The highest BCUT2D eigenvalue weighted by molar-refractivity contribution is 9.10. The lowest BCUT2D eigenvalue weighted by atomic mass is 10.1. The quantitative estimate of drug-likeness (QED) is 0.895. The van der Waals surface area contributed by atoms with Crippen molar-refractivity contribution in [2.24, 2.45) is 5.92 Å². The summed E-state index contributed by atoms with van der Waals surface area (Å²) in [6, 6.07) is 2.86. The van der Waals surface area contributed by atoms with Crippen LogP contribution in [0.25, 0.3) is 0 Å². The first kappa shape index (κ1) is 13.0. The molecule has 4 nitrogen and oxygen atoms in total. The summed E-state index contributed by atoms with van der Waals surface area (Å²) in [4.78, 5) is 22.8. The number of nitrogens with one attached hydrogen (secondary N) is 1. The number of hydrogen-bond acceptors (Lipinski definition) is 2. The lowest BCUT2D eigenvalue weighted by Crippen LogP contribution is -2.42. The highest BCUT2D eigenvalue weighted by atomic mass is 79.9. The number of amides is 1. The third-order valence-electron chi connectivity index (χ3n) is 2.77. The van der Waals surface area contributed by atoms with Crippen molar-refractivity contribution >= 4 is 27.8 Å². The van der Waals surface area contributed by atoms with Crippen LogP contribution in [0.3, 0.4) is 0 Å². The zero-order chi connectivity index (χ0) is 13.3. The Balaban J connectivity index is 2.13. The van der Waals surface area contributed by atoms with E-state index in [0.717, 1.165) is 18.9 Å². The topological polar surface area (TPSA) is 66.4 Å². The van der Waals surface area contributed by atoms with Gasteiger partial charge in [-0.15, -0.1) is 0 Å². The smallest absolute Gasteiger partial charge is 0.326 e. The molecular weight excluding hydrogens is 305 g/mol. The molecule has 0 aliphatic heterocycles. The predicted molar refractivity (Wildman–Crippen MR) is 65.7 cm³/mol. The van der Waals surface area contributed by atoms with Gasteiger partial charge in [0.25, 0.3) is 5.91 Å². The Morgan fingerprint density at radius 1 is 1.39 bits per heavy atom. The molecule has 18 heavy (non-hydrogen) atoms. The number of carboxylic acid groups (broad SMARTS) is 1. The molecule has 1 saturated carbocycles. The van der Waals surface area contributed by atoms with Gasteiger partial charge >= 0.3 is 5.97 Å². The molecule has 0 spiro atoms. The molecule has 1 aliphatic rings. The van der Waals surface area contributed by atoms with Gasteiger partial charge in [-0.3, -0.25) is 4.79 Å². The highest BCUT2D eigenvalue weighted by Crippen LogP contribution is 2.32. The van der Waals surface area contributed by atoms with E-state index in [2.05, 4.69) is 21.2 Å². The Bertz CT molecular complexity index is 482. The maximum absolute atomic E-state index is 13.1. The molecule has 2 rings (SSSR count). The number of carboxylic acids is 1. The van der Waals surface area contributed by atoms with Gasteiger partial charge in [-0.25, -0.2) is 9.18 Å². The van der Waals surface area contributed by atoms with Crippen molar-refractivity contribution < 1.29 is 19.1 Å². The molecule has 0 radical (unpaired) electrons. The summed E-state index contributed by atoms with van der Waals surface area (Å²) in [6.45, 7) is 0. The van der Waals surface area contributed by atoms with Crippen molar-refractivity contribution in [2.45, 2.75) is 18.9 Å². The molecular formula is C12H11BrFNO3. The van der Waals surface area contributed by atoms with E-state index in [1.54, 1.807) is 0 Å². The number of aliphatic carboxylic acids is 1. The van der Waals surface area contributed by atoms with Gasteiger partial charge in [0, 0.05) is 10.0 Å². The molecule has 6 heteroatoms. The molecule has 2 N–H and O–H groups in total.